The van der Waals surface area contributed by atoms with Crippen molar-refractivity contribution >= 4 is 0 Å². The maximum absolute atomic E-state index is 9.98. The van der Waals surface area contributed by atoms with Gasteiger partial charge in [-0.15, -0.1) is 0 Å². The van der Waals surface area contributed by atoms with Crippen molar-refractivity contribution in [3.05, 3.63) is 0 Å². The molecule has 3 nitrogen and oxygen atoms in total. The van der Waals surface area contributed by atoms with Gasteiger partial charge in [-0.1, -0.05) is 47.0 Å². The molecule has 0 radical (unpaired) electrons. The van der Waals surface area contributed by atoms with Crippen molar-refractivity contribution < 1.29 is 9.84 Å². The first kappa shape index (κ1) is 17.9. The molecule has 2 N–H and O–H groups in total. The van der Waals surface area contributed by atoms with Gasteiger partial charge in [-0.2, -0.15) is 0 Å². The van der Waals surface area contributed by atoms with Crippen LogP contribution in [0.5, 0.6) is 0 Å². The molecule has 1 fully saturated rings. The van der Waals surface area contributed by atoms with E-state index < -0.39 is 0 Å². The van der Waals surface area contributed by atoms with E-state index in [2.05, 4.69) is 33.0 Å². The van der Waals surface area contributed by atoms with Crippen LogP contribution >= 0.6 is 0 Å². The summed E-state index contributed by atoms with van der Waals surface area (Å²) in [6, 6.07) is 0. The molecule has 0 amide bonds. The summed E-state index contributed by atoms with van der Waals surface area (Å²) < 4.78 is 5.96. The lowest BCUT2D eigenvalue weighted by Crippen LogP contribution is -2.35. The summed E-state index contributed by atoms with van der Waals surface area (Å²) in [4.78, 5) is 0. The smallest absolute Gasteiger partial charge is 0.0897 e. The van der Waals surface area contributed by atoms with E-state index in [0.29, 0.717) is 30.6 Å². The van der Waals surface area contributed by atoms with E-state index in [9.17, 15) is 5.11 Å². The van der Waals surface area contributed by atoms with Crippen LogP contribution in [0.25, 0.3) is 0 Å². The van der Waals surface area contributed by atoms with Crippen LogP contribution in [0, 0.1) is 11.3 Å². The average molecular weight is 285 g/mol. The first-order chi connectivity index (χ1) is 9.42. The van der Waals surface area contributed by atoms with Crippen LogP contribution in [0.4, 0.5) is 0 Å². The molecule has 0 saturated heterocycles. The van der Waals surface area contributed by atoms with Gasteiger partial charge in [0.25, 0.3) is 0 Å². The maximum Gasteiger partial charge on any atom is 0.0897 e. The Kier molecular flexibility index (Phi) is 8.08. The van der Waals surface area contributed by atoms with Crippen molar-refractivity contribution in [3.63, 3.8) is 0 Å². The van der Waals surface area contributed by atoms with Gasteiger partial charge in [-0.3, -0.25) is 0 Å². The van der Waals surface area contributed by atoms with Crippen LogP contribution in [-0.2, 0) is 4.74 Å². The van der Waals surface area contributed by atoms with Crippen molar-refractivity contribution in [2.24, 2.45) is 11.3 Å². The molecule has 3 atom stereocenters. The fourth-order valence-electron chi connectivity index (χ4n) is 2.89. The molecule has 120 valence electrons. The molecule has 1 aliphatic carbocycles. The molecule has 1 saturated carbocycles. The highest BCUT2D eigenvalue weighted by Crippen LogP contribution is 2.29. The van der Waals surface area contributed by atoms with Gasteiger partial charge in [-0.05, 0) is 37.1 Å². The van der Waals surface area contributed by atoms with E-state index in [-0.39, 0.29) is 6.10 Å². The Morgan fingerprint density at radius 2 is 1.95 bits per heavy atom. The van der Waals surface area contributed by atoms with Crippen molar-refractivity contribution in [2.45, 2.75) is 78.4 Å². The molecule has 1 aliphatic rings. The second kappa shape index (κ2) is 9.01. The molecular formula is C17H35NO2. The van der Waals surface area contributed by atoms with Gasteiger partial charge < -0.3 is 15.2 Å². The van der Waals surface area contributed by atoms with Gasteiger partial charge in [-0.25, -0.2) is 0 Å². The fraction of sp³-hybridized carbons (Fsp3) is 1.00. The number of nitrogens with one attached hydrogen (secondary N) is 1. The number of ether oxygens (including phenoxy) is 1. The second-order valence-corrected chi connectivity index (χ2v) is 7.49. The molecule has 3 unspecified atom stereocenters. The Balaban J connectivity index is 2.11. The SMILES string of the molecule is CCC1CCCCC1OCC(O)CNCCC(C)(C)C. The summed E-state index contributed by atoms with van der Waals surface area (Å²) >= 11 is 0. The molecule has 0 heterocycles. The third-order valence-electron chi connectivity index (χ3n) is 4.30. The van der Waals surface area contributed by atoms with Crippen molar-refractivity contribution in [2.75, 3.05) is 19.7 Å². The monoisotopic (exact) mass is 285 g/mol. The molecule has 1 rings (SSSR count). The minimum absolute atomic E-state index is 0.352. The summed E-state index contributed by atoms with van der Waals surface area (Å²) in [7, 11) is 0. The lowest BCUT2D eigenvalue weighted by molar-refractivity contribution is -0.0499. The molecule has 0 bridgehead atoms. The zero-order valence-corrected chi connectivity index (χ0v) is 14.0. The van der Waals surface area contributed by atoms with E-state index in [1.165, 1.54) is 32.1 Å². The molecular weight excluding hydrogens is 250 g/mol. The fourth-order valence-corrected chi connectivity index (χ4v) is 2.89. The van der Waals surface area contributed by atoms with E-state index >= 15 is 0 Å². The predicted octanol–water partition coefficient (Wildman–Crippen LogP) is 3.36. The molecule has 3 heteroatoms. The summed E-state index contributed by atoms with van der Waals surface area (Å²) in [5, 5.41) is 13.3. The lowest BCUT2D eigenvalue weighted by Gasteiger charge is -2.31. The number of aliphatic hydroxyl groups is 1. The Morgan fingerprint density at radius 3 is 2.60 bits per heavy atom. The van der Waals surface area contributed by atoms with Crippen molar-refractivity contribution in [3.8, 4) is 0 Å². The molecule has 0 aromatic rings. The predicted molar refractivity (Wildman–Crippen MR) is 84.9 cm³/mol. The van der Waals surface area contributed by atoms with E-state index in [1.54, 1.807) is 0 Å². The van der Waals surface area contributed by atoms with Crippen LogP contribution in [0.2, 0.25) is 0 Å². The highest BCUT2D eigenvalue weighted by atomic mass is 16.5. The third-order valence-corrected chi connectivity index (χ3v) is 4.30. The van der Waals surface area contributed by atoms with Gasteiger partial charge in [0, 0.05) is 6.54 Å². The van der Waals surface area contributed by atoms with Crippen LogP contribution in [0.15, 0.2) is 0 Å². The quantitative estimate of drug-likeness (QED) is 0.672. The highest BCUT2D eigenvalue weighted by Gasteiger charge is 2.24. The first-order valence-electron chi connectivity index (χ1n) is 8.42. The Bertz CT molecular complexity index is 250. The van der Waals surface area contributed by atoms with Crippen molar-refractivity contribution in [1.29, 1.82) is 0 Å². The number of rotatable bonds is 8. The van der Waals surface area contributed by atoms with Gasteiger partial charge in [0.1, 0.15) is 0 Å². The van der Waals surface area contributed by atoms with Crippen LogP contribution in [0.1, 0.15) is 66.2 Å². The summed E-state index contributed by atoms with van der Waals surface area (Å²) in [6.45, 7) is 11.0. The number of hydrogen-bond donors (Lipinski definition) is 2. The molecule has 0 aromatic carbocycles. The normalized spacial score (nSPS) is 25.6. The Labute approximate surface area is 125 Å². The van der Waals surface area contributed by atoms with Gasteiger partial charge in [0.15, 0.2) is 0 Å². The Hall–Kier alpha value is -0.120. The standard InChI is InChI=1S/C17H35NO2/c1-5-14-8-6-7-9-16(14)20-13-15(19)12-18-11-10-17(2,3)4/h14-16,18-19H,5-13H2,1-4H3. The topological polar surface area (TPSA) is 41.5 Å². The summed E-state index contributed by atoms with van der Waals surface area (Å²) in [5.41, 5.74) is 0.352. The third kappa shape index (κ3) is 7.61. The molecule has 0 spiro atoms. The summed E-state index contributed by atoms with van der Waals surface area (Å²) in [5.74, 6) is 0.699. The summed E-state index contributed by atoms with van der Waals surface area (Å²) in [6.07, 6.45) is 7.40. The van der Waals surface area contributed by atoms with E-state index in [1.807, 2.05) is 0 Å². The van der Waals surface area contributed by atoms with Gasteiger partial charge in [0.05, 0.1) is 18.8 Å². The average Bonchev–Trinajstić information content (AvgIpc) is 2.40. The minimum atomic E-state index is -0.380. The van der Waals surface area contributed by atoms with Gasteiger partial charge in [0.2, 0.25) is 0 Å². The zero-order valence-electron chi connectivity index (χ0n) is 14.0. The van der Waals surface area contributed by atoms with Crippen LogP contribution in [0.3, 0.4) is 0 Å². The molecule has 0 aromatic heterocycles. The second-order valence-electron chi connectivity index (χ2n) is 7.49. The number of aliphatic hydroxyl groups excluding tert-OH is 1. The number of hydrogen-bond acceptors (Lipinski definition) is 3. The Morgan fingerprint density at radius 1 is 1.25 bits per heavy atom. The van der Waals surface area contributed by atoms with Crippen LogP contribution < -0.4 is 5.32 Å². The minimum Gasteiger partial charge on any atom is -0.389 e. The largest absolute Gasteiger partial charge is 0.389 e. The molecule has 0 aliphatic heterocycles. The maximum atomic E-state index is 9.98. The lowest BCUT2D eigenvalue weighted by atomic mass is 9.85. The zero-order chi connectivity index (χ0) is 15.0. The molecule has 20 heavy (non-hydrogen) atoms. The first-order valence-corrected chi connectivity index (χ1v) is 8.42. The van der Waals surface area contributed by atoms with E-state index in [4.69, 9.17) is 4.74 Å². The highest BCUT2D eigenvalue weighted by molar-refractivity contribution is 4.75. The van der Waals surface area contributed by atoms with Crippen LogP contribution in [-0.4, -0.2) is 37.0 Å². The van der Waals surface area contributed by atoms with Crippen molar-refractivity contribution in [1.82, 2.24) is 5.32 Å². The van der Waals surface area contributed by atoms with Gasteiger partial charge >= 0.3 is 0 Å². The van der Waals surface area contributed by atoms with E-state index in [0.717, 1.165) is 13.0 Å².